The predicted octanol–water partition coefficient (Wildman–Crippen LogP) is 2.14. The molecule has 0 aliphatic carbocycles. The molecule has 1 aromatic rings. The fourth-order valence-corrected chi connectivity index (χ4v) is 2.72. The van der Waals surface area contributed by atoms with Gasteiger partial charge in [-0.2, -0.15) is 0 Å². The molecule has 114 valence electrons. The Labute approximate surface area is 126 Å². The molecular weight excluding hydrogens is 264 g/mol. The van der Waals surface area contributed by atoms with Gasteiger partial charge in [-0.05, 0) is 31.2 Å². The summed E-state index contributed by atoms with van der Waals surface area (Å²) >= 11 is 0. The predicted molar refractivity (Wildman–Crippen MR) is 82.8 cm³/mol. The molecule has 0 aromatic heterocycles. The number of hydrogen-bond donors (Lipinski definition) is 1. The molecule has 4 nitrogen and oxygen atoms in total. The van der Waals surface area contributed by atoms with Gasteiger partial charge in [0.05, 0.1) is 6.54 Å². The second-order valence-corrected chi connectivity index (χ2v) is 5.61. The number of unbranched alkanes of at least 4 members (excludes halogenated alkanes) is 1. The molecule has 1 heterocycles. The summed E-state index contributed by atoms with van der Waals surface area (Å²) in [7, 11) is 0. The van der Waals surface area contributed by atoms with E-state index >= 15 is 0 Å². The van der Waals surface area contributed by atoms with Crippen LogP contribution in [0, 0.1) is 0 Å². The number of piperazine rings is 1. The van der Waals surface area contributed by atoms with Crippen molar-refractivity contribution in [2.24, 2.45) is 0 Å². The first-order valence-electron chi connectivity index (χ1n) is 7.82. The van der Waals surface area contributed by atoms with E-state index in [0.717, 1.165) is 32.1 Å². The van der Waals surface area contributed by atoms with E-state index < -0.39 is 0 Å². The molecule has 1 N–H and O–H groups in total. The van der Waals surface area contributed by atoms with Crippen molar-refractivity contribution in [3.63, 3.8) is 0 Å². The van der Waals surface area contributed by atoms with Crippen LogP contribution in [0.4, 0.5) is 0 Å². The van der Waals surface area contributed by atoms with E-state index in [1.807, 2.05) is 25.1 Å². The Bertz CT molecular complexity index is 473. The lowest BCUT2D eigenvalue weighted by Crippen LogP contribution is -2.58. The number of aryl methyl sites for hydroxylation is 1. The maximum atomic E-state index is 12.2. The second-order valence-electron chi connectivity index (χ2n) is 5.61. The van der Waals surface area contributed by atoms with E-state index in [-0.39, 0.29) is 24.4 Å². The molecule has 1 fully saturated rings. The van der Waals surface area contributed by atoms with Crippen molar-refractivity contribution < 1.29 is 9.59 Å². The largest absolute Gasteiger partial charge is 0.343 e. The van der Waals surface area contributed by atoms with Crippen LogP contribution in [-0.4, -0.2) is 35.8 Å². The average molecular weight is 288 g/mol. The second kappa shape index (κ2) is 7.81. The standard InChI is InChI=1S/C17H24N2O2/c1-2-8-15-17(21)19(13-16(20)18-15)12-7-6-11-14-9-4-3-5-10-14/h3-5,9-10,15H,2,6-8,11-13H2,1H3,(H,18,20). The highest BCUT2D eigenvalue weighted by Crippen LogP contribution is 2.10. The summed E-state index contributed by atoms with van der Waals surface area (Å²) in [6.07, 6.45) is 4.62. The third kappa shape index (κ3) is 4.59. The number of nitrogens with one attached hydrogen (secondary N) is 1. The summed E-state index contributed by atoms with van der Waals surface area (Å²) in [5.74, 6) is 0.0484. The van der Waals surface area contributed by atoms with Crippen molar-refractivity contribution in [2.45, 2.75) is 45.1 Å². The molecule has 0 spiro atoms. The molecule has 1 aliphatic rings. The van der Waals surface area contributed by atoms with Crippen LogP contribution in [0.25, 0.3) is 0 Å². The summed E-state index contributed by atoms with van der Waals surface area (Å²) in [5.41, 5.74) is 1.32. The molecule has 1 unspecified atom stereocenters. The maximum Gasteiger partial charge on any atom is 0.245 e. The summed E-state index contributed by atoms with van der Waals surface area (Å²) in [4.78, 5) is 25.6. The monoisotopic (exact) mass is 288 g/mol. The molecule has 1 atom stereocenters. The van der Waals surface area contributed by atoms with E-state index in [4.69, 9.17) is 0 Å². The van der Waals surface area contributed by atoms with Gasteiger partial charge in [0.1, 0.15) is 6.04 Å². The molecule has 21 heavy (non-hydrogen) atoms. The molecule has 0 bridgehead atoms. The molecular formula is C17H24N2O2. The Kier molecular flexibility index (Phi) is 5.78. The van der Waals surface area contributed by atoms with Gasteiger partial charge < -0.3 is 10.2 Å². The molecule has 1 aliphatic heterocycles. The number of carbonyl (C=O) groups is 2. The Hall–Kier alpha value is -1.84. The van der Waals surface area contributed by atoms with Gasteiger partial charge in [0, 0.05) is 6.54 Å². The molecule has 1 saturated heterocycles. The van der Waals surface area contributed by atoms with Crippen LogP contribution >= 0.6 is 0 Å². The normalized spacial score (nSPS) is 18.7. The Morgan fingerprint density at radius 1 is 1.19 bits per heavy atom. The molecule has 2 amide bonds. The van der Waals surface area contributed by atoms with E-state index in [0.29, 0.717) is 6.54 Å². The number of benzene rings is 1. The van der Waals surface area contributed by atoms with Crippen molar-refractivity contribution in [1.82, 2.24) is 10.2 Å². The van der Waals surface area contributed by atoms with Gasteiger partial charge in [0.15, 0.2) is 0 Å². The van der Waals surface area contributed by atoms with Crippen LogP contribution < -0.4 is 5.32 Å². The Morgan fingerprint density at radius 2 is 1.95 bits per heavy atom. The molecule has 0 radical (unpaired) electrons. The van der Waals surface area contributed by atoms with Gasteiger partial charge in [0.25, 0.3) is 0 Å². The van der Waals surface area contributed by atoms with E-state index in [9.17, 15) is 9.59 Å². The van der Waals surface area contributed by atoms with Crippen LogP contribution in [0.3, 0.4) is 0 Å². The quantitative estimate of drug-likeness (QED) is 0.781. The van der Waals surface area contributed by atoms with E-state index in [2.05, 4.69) is 17.4 Å². The van der Waals surface area contributed by atoms with Gasteiger partial charge in [-0.15, -0.1) is 0 Å². The van der Waals surface area contributed by atoms with Gasteiger partial charge in [0.2, 0.25) is 11.8 Å². The minimum absolute atomic E-state index is 0.0314. The van der Waals surface area contributed by atoms with Crippen molar-refractivity contribution in [3.05, 3.63) is 35.9 Å². The van der Waals surface area contributed by atoms with E-state index in [1.165, 1.54) is 5.56 Å². The van der Waals surface area contributed by atoms with Crippen molar-refractivity contribution >= 4 is 11.8 Å². The number of rotatable bonds is 7. The smallest absolute Gasteiger partial charge is 0.245 e. The number of carbonyl (C=O) groups excluding carboxylic acids is 2. The van der Waals surface area contributed by atoms with Crippen molar-refractivity contribution in [2.75, 3.05) is 13.1 Å². The molecule has 2 rings (SSSR count). The summed E-state index contributed by atoms with van der Waals surface area (Å²) in [5, 5.41) is 2.78. The lowest BCUT2D eigenvalue weighted by molar-refractivity contribution is -0.144. The Balaban J connectivity index is 1.76. The number of amides is 2. The third-order valence-electron chi connectivity index (χ3n) is 3.84. The number of hydrogen-bond acceptors (Lipinski definition) is 2. The van der Waals surface area contributed by atoms with Gasteiger partial charge in [-0.1, -0.05) is 43.7 Å². The Morgan fingerprint density at radius 3 is 2.67 bits per heavy atom. The van der Waals surface area contributed by atoms with Gasteiger partial charge in [-0.25, -0.2) is 0 Å². The van der Waals surface area contributed by atoms with Gasteiger partial charge in [-0.3, -0.25) is 9.59 Å². The number of nitrogens with zero attached hydrogens (tertiary/aromatic N) is 1. The molecule has 0 saturated carbocycles. The lowest BCUT2D eigenvalue weighted by Gasteiger charge is -2.32. The average Bonchev–Trinajstić information content (AvgIpc) is 2.49. The molecule has 1 aromatic carbocycles. The zero-order valence-corrected chi connectivity index (χ0v) is 12.7. The van der Waals surface area contributed by atoms with Crippen LogP contribution in [0.5, 0.6) is 0 Å². The van der Waals surface area contributed by atoms with Crippen LogP contribution in [0.15, 0.2) is 30.3 Å². The zero-order chi connectivity index (χ0) is 15.1. The summed E-state index contributed by atoms with van der Waals surface area (Å²) in [6.45, 7) is 2.92. The highest BCUT2D eigenvalue weighted by molar-refractivity contribution is 5.94. The fraction of sp³-hybridized carbons (Fsp3) is 0.529. The maximum absolute atomic E-state index is 12.2. The summed E-state index contributed by atoms with van der Waals surface area (Å²) in [6, 6.07) is 10.0. The lowest BCUT2D eigenvalue weighted by atomic mass is 10.1. The first-order valence-corrected chi connectivity index (χ1v) is 7.82. The highest BCUT2D eigenvalue weighted by Gasteiger charge is 2.31. The van der Waals surface area contributed by atoms with E-state index in [1.54, 1.807) is 4.90 Å². The van der Waals surface area contributed by atoms with Gasteiger partial charge >= 0.3 is 0 Å². The fourth-order valence-electron chi connectivity index (χ4n) is 2.72. The SMILES string of the molecule is CCCC1NC(=O)CN(CCCCc2ccccc2)C1=O. The minimum atomic E-state index is -0.314. The topological polar surface area (TPSA) is 49.4 Å². The van der Waals surface area contributed by atoms with Crippen molar-refractivity contribution in [3.8, 4) is 0 Å². The summed E-state index contributed by atoms with van der Waals surface area (Å²) < 4.78 is 0. The van der Waals surface area contributed by atoms with Crippen LogP contribution in [0.2, 0.25) is 0 Å². The molecule has 4 heteroatoms. The first-order chi connectivity index (χ1) is 10.2. The van der Waals surface area contributed by atoms with Crippen LogP contribution in [-0.2, 0) is 16.0 Å². The highest BCUT2D eigenvalue weighted by atomic mass is 16.2. The minimum Gasteiger partial charge on any atom is -0.343 e. The third-order valence-corrected chi connectivity index (χ3v) is 3.84. The zero-order valence-electron chi connectivity index (χ0n) is 12.7. The van der Waals surface area contributed by atoms with Crippen molar-refractivity contribution in [1.29, 1.82) is 0 Å². The first kappa shape index (κ1) is 15.5. The van der Waals surface area contributed by atoms with Crippen LogP contribution in [0.1, 0.15) is 38.2 Å².